The summed E-state index contributed by atoms with van der Waals surface area (Å²) < 4.78 is 7.19. The van der Waals surface area contributed by atoms with Gasteiger partial charge in [0.05, 0.1) is 12.8 Å². The molecule has 0 fully saturated rings. The van der Waals surface area contributed by atoms with Gasteiger partial charge in [0.25, 0.3) is 0 Å². The SMILES string of the molecule is CC(C)COc1ccccc1-c1cnn(CC(=O)O)c1. The lowest BCUT2D eigenvalue weighted by Crippen LogP contribution is -2.08. The molecule has 106 valence electrons. The highest BCUT2D eigenvalue weighted by Crippen LogP contribution is 2.29. The van der Waals surface area contributed by atoms with Crippen LogP contribution >= 0.6 is 0 Å². The Labute approximate surface area is 117 Å². The Hall–Kier alpha value is -2.30. The molecule has 0 aliphatic heterocycles. The Kier molecular flexibility index (Phi) is 4.40. The minimum absolute atomic E-state index is 0.144. The second-order valence-electron chi connectivity index (χ2n) is 5.02. The van der Waals surface area contributed by atoms with E-state index >= 15 is 0 Å². The Morgan fingerprint density at radius 3 is 2.85 bits per heavy atom. The van der Waals surface area contributed by atoms with Crippen LogP contribution in [0.4, 0.5) is 0 Å². The van der Waals surface area contributed by atoms with E-state index in [2.05, 4.69) is 18.9 Å². The number of benzene rings is 1. The van der Waals surface area contributed by atoms with Crippen LogP contribution in [0.25, 0.3) is 11.1 Å². The van der Waals surface area contributed by atoms with Gasteiger partial charge in [0.2, 0.25) is 0 Å². The average molecular weight is 274 g/mol. The maximum atomic E-state index is 10.7. The van der Waals surface area contributed by atoms with Crippen LogP contribution in [-0.4, -0.2) is 27.5 Å². The zero-order valence-corrected chi connectivity index (χ0v) is 11.6. The van der Waals surface area contributed by atoms with Crippen molar-refractivity contribution in [3.63, 3.8) is 0 Å². The van der Waals surface area contributed by atoms with Crippen LogP contribution in [0.3, 0.4) is 0 Å². The van der Waals surface area contributed by atoms with Gasteiger partial charge in [-0.05, 0) is 12.0 Å². The Morgan fingerprint density at radius 2 is 2.15 bits per heavy atom. The van der Waals surface area contributed by atoms with Gasteiger partial charge >= 0.3 is 5.97 Å². The third-order valence-corrected chi connectivity index (χ3v) is 2.70. The summed E-state index contributed by atoms with van der Waals surface area (Å²) in [6.07, 6.45) is 3.37. The number of nitrogens with zero attached hydrogens (tertiary/aromatic N) is 2. The van der Waals surface area contributed by atoms with Gasteiger partial charge in [-0.1, -0.05) is 32.0 Å². The van der Waals surface area contributed by atoms with Gasteiger partial charge in [-0.2, -0.15) is 5.10 Å². The molecular weight excluding hydrogens is 256 g/mol. The summed E-state index contributed by atoms with van der Waals surface area (Å²) in [4.78, 5) is 10.7. The highest BCUT2D eigenvalue weighted by molar-refractivity contribution is 5.70. The van der Waals surface area contributed by atoms with E-state index in [0.29, 0.717) is 12.5 Å². The van der Waals surface area contributed by atoms with E-state index in [1.165, 1.54) is 4.68 Å². The van der Waals surface area contributed by atoms with Crippen molar-refractivity contribution in [3.8, 4) is 16.9 Å². The van der Waals surface area contributed by atoms with Gasteiger partial charge in [-0.3, -0.25) is 9.48 Å². The van der Waals surface area contributed by atoms with Gasteiger partial charge in [-0.15, -0.1) is 0 Å². The second-order valence-corrected chi connectivity index (χ2v) is 5.02. The molecule has 0 aliphatic carbocycles. The molecule has 0 radical (unpaired) electrons. The number of aromatic nitrogens is 2. The molecule has 5 heteroatoms. The predicted octanol–water partition coefficient (Wildman–Crippen LogP) is 2.67. The van der Waals surface area contributed by atoms with Gasteiger partial charge < -0.3 is 9.84 Å². The molecule has 0 atom stereocenters. The van der Waals surface area contributed by atoms with E-state index in [0.717, 1.165) is 16.9 Å². The van der Waals surface area contributed by atoms with Crippen LogP contribution in [0.5, 0.6) is 5.75 Å². The molecule has 1 heterocycles. The number of para-hydroxylation sites is 1. The number of carboxylic acid groups (broad SMARTS) is 1. The molecular formula is C15H18N2O3. The lowest BCUT2D eigenvalue weighted by molar-refractivity contribution is -0.137. The topological polar surface area (TPSA) is 64.4 Å². The lowest BCUT2D eigenvalue weighted by Gasteiger charge is -2.12. The molecule has 2 rings (SSSR count). The first-order valence-electron chi connectivity index (χ1n) is 6.52. The van der Waals surface area contributed by atoms with Crippen molar-refractivity contribution < 1.29 is 14.6 Å². The third kappa shape index (κ3) is 3.60. The quantitative estimate of drug-likeness (QED) is 0.879. The third-order valence-electron chi connectivity index (χ3n) is 2.70. The summed E-state index contributed by atoms with van der Waals surface area (Å²) in [5.41, 5.74) is 1.77. The first-order valence-corrected chi connectivity index (χ1v) is 6.52. The van der Waals surface area contributed by atoms with Crippen LogP contribution in [0.15, 0.2) is 36.7 Å². The van der Waals surface area contributed by atoms with Gasteiger partial charge in [0.15, 0.2) is 0 Å². The van der Waals surface area contributed by atoms with Gasteiger partial charge in [0, 0.05) is 17.3 Å². The van der Waals surface area contributed by atoms with Crippen LogP contribution in [-0.2, 0) is 11.3 Å². The van der Waals surface area contributed by atoms with Crippen LogP contribution < -0.4 is 4.74 Å². The fourth-order valence-corrected chi connectivity index (χ4v) is 1.82. The smallest absolute Gasteiger partial charge is 0.325 e. The minimum atomic E-state index is -0.913. The second kappa shape index (κ2) is 6.23. The number of carboxylic acids is 1. The number of ether oxygens (including phenoxy) is 1. The average Bonchev–Trinajstić information content (AvgIpc) is 2.84. The molecule has 0 spiro atoms. The summed E-state index contributed by atoms with van der Waals surface area (Å²) in [5.74, 6) is 0.317. The van der Waals surface area contributed by atoms with Crippen molar-refractivity contribution in [1.29, 1.82) is 0 Å². The Balaban J connectivity index is 2.23. The fourth-order valence-electron chi connectivity index (χ4n) is 1.82. The van der Waals surface area contributed by atoms with Crippen LogP contribution in [0.1, 0.15) is 13.8 Å². The maximum absolute atomic E-state index is 10.7. The fraction of sp³-hybridized carbons (Fsp3) is 0.333. The molecule has 0 bridgehead atoms. The Bertz CT molecular complexity index is 590. The van der Waals surface area contributed by atoms with Crippen molar-refractivity contribution in [2.24, 2.45) is 5.92 Å². The Morgan fingerprint density at radius 1 is 1.40 bits per heavy atom. The largest absolute Gasteiger partial charge is 0.493 e. The van der Waals surface area contributed by atoms with Crippen molar-refractivity contribution in [1.82, 2.24) is 9.78 Å². The molecule has 0 saturated carbocycles. The highest BCUT2D eigenvalue weighted by atomic mass is 16.5. The summed E-state index contributed by atoms with van der Waals surface area (Å²) in [6.45, 7) is 4.68. The molecule has 0 aliphatic rings. The molecule has 5 nitrogen and oxygen atoms in total. The van der Waals surface area contributed by atoms with Crippen molar-refractivity contribution in [3.05, 3.63) is 36.7 Å². The standard InChI is InChI=1S/C15H18N2O3/c1-11(2)10-20-14-6-4-3-5-13(14)12-7-16-17(8-12)9-15(18)19/h3-8,11H,9-10H2,1-2H3,(H,18,19). The van der Waals surface area contributed by atoms with Crippen molar-refractivity contribution in [2.45, 2.75) is 20.4 Å². The number of rotatable bonds is 6. The molecule has 0 amide bonds. The van der Waals surface area contributed by atoms with E-state index in [1.807, 2.05) is 24.3 Å². The first-order chi connectivity index (χ1) is 9.56. The van der Waals surface area contributed by atoms with E-state index in [4.69, 9.17) is 9.84 Å². The number of aliphatic carboxylic acids is 1. The van der Waals surface area contributed by atoms with Crippen LogP contribution in [0, 0.1) is 5.92 Å². The van der Waals surface area contributed by atoms with E-state index in [9.17, 15) is 4.79 Å². The maximum Gasteiger partial charge on any atom is 0.325 e. The number of carbonyl (C=O) groups is 1. The minimum Gasteiger partial charge on any atom is -0.493 e. The summed E-state index contributed by atoms with van der Waals surface area (Å²) in [6, 6.07) is 7.69. The number of hydrogen-bond acceptors (Lipinski definition) is 3. The van der Waals surface area contributed by atoms with E-state index < -0.39 is 5.97 Å². The van der Waals surface area contributed by atoms with Gasteiger partial charge in [0.1, 0.15) is 12.3 Å². The van der Waals surface area contributed by atoms with Gasteiger partial charge in [-0.25, -0.2) is 0 Å². The molecule has 1 aromatic carbocycles. The normalized spacial score (nSPS) is 10.8. The first kappa shape index (κ1) is 14.1. The molecule has 2 aromatic rings. The molecule has 0 saturated heterocycles. The molecule has 1 aromatic heterocycles. The molecule has 0 unspecified atom stereocenters. The number of hydrogen-bond donors (Lipinski definition) is 1. The highest BCUT2D eigenvalue weighted by Gasteiger charge is 2.10. The van der Waals surface area contributed by atoms with Crippen molar-refractivity contribution >= 4 is 5.97 Å². The summed E-state index contributed by atoms with van der Waals surface area (Å²) >= 11 is 0. The van der Waals surface area contributed by atoms with Crippen molar-refractivity contribution in [2.75, 3.05) is 6.61 Å². The summed E-state index contributed by atoms with van der Waals surface area (Å²) in [7, 11) is 0. The van der Waals surface area contributed by atoms with E-state index in [1.54, 1.807) is 12.4 Å². The zero-order valence-electron chi connectivity index (χ0n) is 11.6. The van der Waals surface area contributed by atoms with E-state index in [-0.39, 0.29) is 6.54 Å². The predicted molar refractivity (Wildman–Crippen MR) is 75.6 cm³/mol. The summed E-state index contributed by atoms with van der Waals surface area (Å²) in [5, 5.41) is 12.8. The lowest BCUT2D eigenvalue weighted by atomic mass is 10.1. The monoisotopic (exact) mass is 274 g/mol. The molecule has 20 heavy (non-hydrogen) atoms. The zero-order chi connectivity index (χ0) is 14.5. The molecule has 1 N–H and O–H groups in total. The van der Waals surface area contributed by atoms with Crippen LogP contribution in [0.2, 0.25) is 0 Å².